The Bertz CT molecular complexity index is 813. The van der Waals surface area contributed by atoms with Gasteiger partial charge in [-0.3, -0.25) is 9.59 Å². The Hall–Kier alpha value is -2.01. The first-order valence-electron chi connectivity index (χ1n) is 9.62. The van der Waals surface area contributed by atoms with Gasteiger partial charge in [0.2, 0.25) is 5.91 Å². The average Bonchev–Trinajstić information content (AvgIpc) is 2.71. The fraction of sp³-hybridized carbons (Fsp3) is 0.579. The summed E-state index contributed by atoms with van der Waals surface area (Å²) in [6.45, 7) is 1.53. The summed E-state index contributed by atoms with van der Waals surface area (Å²) in [5, 5.41) is 5.61. The van der Waals surface area contributed by atoms with Crippen LogP contribution in [-0.4, -0.2) is 76.3 Å². The molecule has 9 nitrogen and oxygen atoms in total. The maximum atomic E-state index is 12.8. The van der Waals surface area contributed by atoms with E-state index in [1.54, 1.807) is 31.4 Å². The van der Waals surface area contributed by atoms with Crippen molar-refractivity contribution in [3.8, 4) is 0 Å². The number of anilines is 1. The van der Waals surface area contributed by atoms with E-state index in [0.29, 0.717) is 50.2 Å². The zero-order valence-corrected chi connectivity index (χ0v) is 18.0. The van der Waals surface area contributed by atoms with Crippen LogP contribution in [0.25, 0.3) is 0 Å². The van der Waals surface area contributed by atoms with Crippen molar-refractivity contribution in [3.63, 3.8) is 0 Å². The summed E-state index contributed by atoms with van der Waals surface area (Å²) >= 11 is 0. The number of nitrogens with one attached hydrogen (secondary N) is 2. The molecule has 2 amide bonds. The smallest absolute Gasteiger partial charge is 0.281 e. The van der Waals surface area contributed by atoms with Crippen LogP contribution in [0.5, 0.6) is 0 Å². The molecule has 0 spiro atoms. The molecule has 1 fully saturated rings. The highest BCUT2D eigenvalue weighted by atomic mass is 32.2. The molecule has 0 unspecified atom stereocenters. The molecule has 29 heavy (non-hydrogen) atoms. The van der Waals surface area contributed by atoms with Crippen molar-refractivity contribution in [1.82, 2.24) is 13.9 Å². The second-order valence-corrected chi connectivity index (χ2v) is 9.27. The lowest BCUT2D eigenvalue weighted by Crippen LogP contribution is -2.47. The van der Waals surface area contributed by atoms with E-state index in [9.17, 15) is 18.0 Å². The second-order valence-electron chi connectivity index (χ2n) is 7.12. The standard InChI is InChI=1S/C19H30N4O5S/c1-22(2)29(26,27)23-12-6-8-15(14-23)18(24)21-17-10-5-4-9-16(17)19(25)20-11-7-13-28-3/h4-5,9-10,15H,6-8,11-14H2,1-3H3,(H,20,25)(H,21,24)/t15-/m0/s1. The van der Waals surface area contributed by atoms with Gasteiger partial charge < -0.3 is 15.4 Å². The lowest BCUT2D eigenvalue weighted by atomic mass is 9.98. The summed E-state index contributed by atoms with van der Waals surface area (Å²) in [4.78, 5) is 25.2. The zero-order chi connectivity index (χ0) is 21.4. The van der Waals surface area contributed by atoms with E-state index in [1.807, 2.05) is 0 Å². The van der Waals surface area contributed by atoms with Crippen LogP contribution in [-0.2, 0) is 19.7 Å². The number of benzene rings is 1. The Balaban J connectivity index is 2.04. The van der Waals surface area contributed by atoms with E-state index < -0.39 is 16.1 Å². The van der Waals surface area contributed by atoms with Crippen LogP contribution in [0.3, 0.4) is 0 Å². The number of hydrogen-bond donors (Lipinski definition) is 2. The van der Waals surface area contributed by atoms with Gasteiger partial charge in [-0.1, -0.05) is 12.1 Å². The van der Waals surface area contributed by atoms with Gasteiger partial charge in [-0.15, -0.1) is 0 Å². The molecule has 2 N–H and O–H groups in total. The van der Waals surface area contributed by atoms with Crippen molar-refractivity contribution < 1.29 is 22.7 Å². The third-order valence-corrected chi connectivity index (χ3v) is 6.69. The van der Waals surface area contributed by atoms with Crippen LogP contribution >= 0.6 is 0 Å². The first-order chi connectivity index (χ1) is 13.8. The molecule has 1 atom stereocenters. The van der Waals surface area contributed by atoms with Gasteiger partial charge in [-0.05, 0) is 31.4 Å². The first-order valence-corrected chi connectivity index (χ1v) is 11.0. The fourth-order valence-electron chi connectivity index (χ4n) is 3.14. The number of ether oxygens (including phenoxy) is 1. The van der Waals surface area contributed by atoms with Gasteiger partial charge in [0.15, 0.2) is 0 Å². The number of methoxy groups -OCH3 is 1. The summed E-state index contributed by atoms with van der Waals surface area (Å²) in [6, 6.07) is 6.77. The van der Waals surface area contributed by atoms with E-state index in [-0.39, 0.29) is 18.4 Å². The Morgan fingerprint density at radius 3 is 2.69 bits per heavy atom. The molecule has 1 heterocycles. The second kappa shape index (κ2) is 10.7. The largest absolute Gasteiger partial charge is 0.385 e. The molecule has 1 aromatic carbocycles. The Morgan fingerprint density at radius 2 is 2.00 bits per heavy atom. The molecule has 0 aromatic heterocycles. The van der Waals surface area contributed by atoms with Crippen molar-refractivity contribution in [2.24, 2.45) is 5.92 Å². The maximum absolute atomic E-state index is 12.8. The van der Waals surface area contributed by atoms with Gasteiger partial charge in [0.05, 0.1) is 17.2 Å². The fourth-order valence-corrected chi connectivity index (χ4v) is 4.33. The third kappa shape index (κ3) is 6.23. The zero-order valence-electron chi connectivity index (χ0n) is 17.2. The van der Waals surface area contributed by atoms with Crippen LogP contribution in [0.1, 0.15) is 29.6 Å². The minimum atomic E-state index is -3.56. The molecule has 10 heteroatoms. The van der Waals surface area contributed by atoms with E-state index >= 15 is 0 Å². The van der Waals surface area contributed by atoms with Gasteiger partial charge in [-0.2, -0.15) is 17.0 Å². The van der Waals surface area contributed by atoms with E-state index in [1.165, 1.54) is 18.4 Å². The molecule has 1 saturated heterocycles. The Kier molecular flexibility index (Phi) is 8.57. The number of piperidine rings is 1. The Labute approximate surface area is 172 Å². The van der Waals surface area contributed by atoms with Gasteiger partial charge in [0.1, 0.15) is 0 Å². The van der Waals surface area contributed by atoms with E-state index in [0.717, 1.165) is 4.31 Å². The van der Waals surface area contributed by atoms with Crippen molar-refractivity contribution >= 4 is 27.7 Å². The SMILES string of the molecule is COCCCNC(=O)c1ccccc1NC(=O)[C@H]1CCCN(S(=O)(=O)N(C)C)C1. The molecule has 162 valence electrons. The average molecular weight is 427 g/mol. The summed E-state index contributed by atoms with van der Waals surface area (Å²) < 4.78 is 32.2. The van der Waals surface area contributed by atoms with Crippen LogP contribution in [0.2, 0.25) is 0 Å². The monoisotopic (exact) mass is 426 g/mol. The molecule has 1 aromatic rings. The number of carbonyl (C=O) groups excluding carboxylic acids is 2. The molecule has 2 rings (SSSR count). The summed E-state index contributed by atoms with van der Waals surface area (Å²) in [7, 11) is 0.982. The summed E-state index contributed by atoms with van der Waals surface area (Å²) in [6.07, 6.45) is 1.89. The minimum absolute atomic E-state index is 0.123. The molecular weight excluding hydrogens is 396 g/mol. The number of nitrogens with zero attached hydrogens (tertiary/aromatic N) is 2. The number of hydrogen-bond acceptors (Lipinski definition) is 5. The third-order valence-electron chi connectivity index (χ3n) is 4.78. The van der Waals surface area contributed by atoms with Crippen LogP contribution in [0.4, 0.5) is 5.69 Å². The van der Waals surface area contributed by atoms with Crippen LogP contribution in [0.15, 0.2) is 24.3 Å². The van der Waals surface area contributed by atoms with Gasteiger partial charge >= 0.3 is 0 Å². The van der Waals surface area contributed by atoms with Gasteiger partial charge in [-0.25, -0.2) is 0 Å². The molecule has 0 saturated carbocycles. The molecular formula is C19H30N4O5S. The lowest BCUT2D eigenvalue weighted by molar-refractivity contribution is -0.120. The van der Waals surface area contributed by atoms with Crippen LogP contribution < -0.4 is 10.6 Å². The molecule has 0 aliphatic carbocycles. The summed E-state index contributed by atoms with van der Waals surface area (Å²) in [5.74, 6) is -1.04. The number of rotatable bonds is 9. The predicted molar refractivity (Wildman–Crippen MR) is 111 cm³/mol. The quantitative estimate of drug-likeness (QED) is 0.571. The van der Waals surface area contributed by atoms with E-state index in [2.05, 4.69) is 10.6 Å². The normalized spacial score (nSPS) is 17.9. The molecule has 1 aliphatic heterocycles. The predicted octanol–water partition coefficient (Wildman–Crippen LogP) is 0.910. The summed E-state index contributed by atoms with van der Waals surface area (Å²) in [5.41, 5.74) is 0.779. The number of carbonyl (C=O) groups is 2. The molecule has 0 bridgehead atoms. The van der Waals surface area contributed by atoms with Crippen molar-refractivity contribution in [1.29, 1.82) is 0 Å². The minimum Gasteiger partial charge on any atom is -0.385 e. The number of para-hydroxylation sites is 1. The first kappa shape index (κ1) is 23.3. The van der Waals surface area contributed by atoms with Crippen molar-refractivity contribution in [3.05, 3.63) is 29.8 Å². The van der Waals surface area contributed by atoms with Gasteiger partial charge in [0.25, 0.3) is 16.1 Å². The van der Waals surface area contributed by atoms with Crippen LogP contribution in [0, 0.1) is 5.92 Å². The topological polar surface area (TPSA) is 108 Å². The number of amides is 2. The van der Waals surface area contributed by atoms with E-state index in [4.69, 9.17) is 4.74 Å². The van der Waals surface area contributed by atoms with Crippen molar-refractivity contribution in [2.45, 2.75) is 19.3 Å². The maximum Gasteiger partial charge on any atom is 0.281 e. The highest BCUT2D eigenvalue weighted by molar-refractivity contribution is 7.86. The Morgan fingerprint density at radius 1 is 1.28 bits per heavy atom. The van der Waals surface area contributed by atoms with Crippen molar-refractivity contribution in [2.75, 3.05) is 52.8 Å². The lowest BCUT2D eigenvalue weighted by Gasteiger charge is -2.32. The highest BCUT2D eigenvalue weighted by Crippen LogP contribution is 2.23. The van der Waals surface area contributed by atoms with Gasteiger partial charge in [0, 0.05) is 47.4 Å². The molecule has 1 aliphatic rings. The highest BCUT2D eigenvalue weighted by Gasteiger charge is 2.33. The molecule has 0 radical (unpaired) electrons.